The van der Waals surface area contributed by atoms with Gasteiger partial charge in [-0.2, -0.15) is 0 Å². The molecule has 0 saturated heterocycles. The van der Waals surface area contributed by atoms with E-state index in [9.17, 15) is 4.79 Å². The summed E-state index contributed by atoms with van der Waals surface area (Å²) in [6, 6.07) is 1.85. The fourth-order valence-corrected chi connectivity index (χ4v) is 2.30. The number of rotatable bonds is 4. The van der Waals surface area contributed by atoms with Crippen LogP contribution in [0.2, 0.25) is 0 Å². The highest BCUT2D eigenvalue weighted by Gasteiger charge is 2.13. The molecule has 2 aromatic rings. The first-order valence-electron chi connectivity index (χ1n) is 4.94. The van der Waals surface area contributed by atoms with E-state index < -0.39 is 5.97 Å². The molecule has 2 aromatic heterocycles. The zero-order valence-corrected chi connectivity index (χ0v) is 10.3. The maximum atomic E-state index is 10.6. The molecule has 0 radical (unpaired) electrons. The van der Waals surface area contributed by atoms with Gasteiger partial charge < -0.3 is 10.1 Å². The van der Waals surface area contributed by atoms with Crippen molar-refractivity contribution in [3.63, 3.8) is 0 Å². The molecule has 90 valence electrons. The Balaban J connectivity index is 2.46. The molecule has 0 aliphatic heterocycles. The number of thioether (sulfide) groups is 1. The second kappa shape index (κ2) is 4.62. The van der Waals surface area contributed by atoms with Crippen molar-refractivity contribution in [3.8, 4) is 0 Å². The van der Waals surface area contributed by atoms with Gasteiger partial charge in [0.15, 0.2) is 5.16 Å². The number of fused-ring (bicyclic) bond motifs is 1. The van der Waals surface area contributed by atoms with Crippen LogP contribution in [0.15, 0.2) is 23.6 Å². The summed E-state index contributed by atoms with van der Waals surface area (Å²) in [5.41, 5.74) is 1.67. The molecule has 7 heteroatoms. The summed E-state index contributed by atoms with van der Waals surface area (Å²) in [6.07, 6.45) is 3.36. The lowest BCUT2D eigenvalue weighted by Gasteiger charge is -2.17. The Hall–Kier alpha value is -1.76. The molecule has 0 atom stereocenters. The number of pyridine rings is 1. The van der Waals surface area contributed by atoms with Crippen LogP contribution in [0.25, 0.3) is 11.0 Å². The summed E-state index contributed by atoms with van der Waals surface area (Å²) in [4.78, 5) is 19.0. The Bertz CT molecular complexity index is 552. The van der Waals surface area contributed by atoms with E-state index in [1.54, 1.807) is 12.4 Å². The Kier molecular flexibility index (Phi) is 3.19. The van der Waals surface area contributed by atoms with Crippen molar-refractivity contribution in [1.82, 2.24) is 14.6 Å². The average molecular weight is 252 g/mol. The Morgan fingerprint density at radius 2 is 2.35 bits per heavy atom. The summed E-state index contributed by atoms with van der Waals surface area (Å²) >= 11 is 1.19. The van der Waals surface area contributed by atoms with Crippen molar-refractivity contribution < 1.29 is 9.90 Å². The van der Waals surface area contributed by atoms with E-state index in [0.717, 1.165) is 11.0 Å². The number of carboxylic acid groups (broad SMARTS) is 1. The predicted molar refractivity (Wildman–Crippen MR) is 66.0 cm³/mol. The zero-order chi connectivity index (χ0) is 12.4. The van der Waals surface area contributed by atoms with Gasteiger partial charge in [-0.3, -0.25) is 9.78 Å². The van der Waals surface area contributed by atoms with Crippen molar-refractivity contribution in [1.29, 1.82) is 0 Å². The standard InChI is InChI=1S/C10H12N4O2S/c1-13(2)14-8-3-4-11-5-7(8)12-10(14)17-6-9(15)16/h3-5H,6H2,1-2H3,(H,15,16). The number of carbonyl (C=O) groups is 1. The second-order valence-corrected chi connectivity index (χ2v) is 4.54. The first-order valence-corrected chi connectivity index (χ1v) is 5.93. The fourth-order valence-electron chi connectivity index (χ4n) is 1.50. The summed E-state index contributed by atoms with van der Waals surface area (Å²) in [7, 11) is 3.76. The van der Waals surface area contributed by atoms with E-state index >= 15 is 0 Å². The average Bonchev–Trinajstić information content (AvgIpc) is 2.64. The van der Waals surface area contributed by atoms with Crippen molar-refractivity contribution >= 4 is 28.8 Å². The maximum Gasteiger partial charge on any atom is 0.313 e. The molecule has 2 rings (SSSR count). The highest BCUT2D eigenvalue weighted by atomic mass is 32.2. The van der Waals surface area contributed by atoms with Crippen LogP contribution >= 0.6 is 11.8 Å². The van der Waals surface area contributed by atoms with Crippen LogP contribution in [-0.2, 0) is 4.79 Å². The largest absolute Gasteiger partial charge is 0.481 e. The second-order valence-electron chi connectivity index (χ2n) is 3.60. The number of imidazole rings is 1. The molecule has 0 bridgehead atoms. The van der Waals surface area contributed by atoms with Gasteiger partial charge in [0, 0.05) is 20.3 Å². The quantitative estimate of drug-likeness (QED) is 0.812. The summed E-state index contributed by atoms with van der Waals surface area (Å²) in [5.74, 6) is -0.865. The lowest BCUT2D eigenvalue weighted by molar-refractivity contribution is -0.133. The van der Waals surface area contributed by atoms with Crippen molar-refractivity contribution in [2.75, 3.05) is 24.9 Å². The van der Waals surface area contributed by atoms with E-state index in [0.29, 0.717) is 5.16 Å². The minimum atomic E-state index is -0.856. The third-order valence-corrected chi connectivity index (χ3v) is 3.04. The third-order valence-electron chi connectivity index (χ3n) is 2.13. The van der Waals surface area contributed by atoms with E-state index in [-0.39, 0.29) is 5.75 Å². The number of aromatic nitrogens is 3. The van der Waals surface area contributed by atoms with Crippen LogP contribution in [0, 0.1) is 0 Å². The summed E-state index contributed by atoms with van der Waals surface area (Å²) in [6.45, 7) is 0. The first-order chi connectivity index (χ1) is 8.09. The number of nitrogens with zero attached hydrogens (tertiary/aromatic N) is 4. The van der Waals surface area contributed by atoms with Gasteiger partial charge >= 0.3 is 5.97 Å². The third kappa shape index (κ3) is 2.33. The Labute approximate surface area is 102 Å². The van der Waals surface area contributed by atoms with E-state index in [2.05, 4.69) is 9.97 Å². The Morgan fingerprint density at radius 1 is 1.59 bits per heavy atom. The number of carboxylic acids is 1. The molecule has 6 nitrogen and oxygen atoms in total. The smallest absolute Gasteiger partial charge is 0.313 e. The van der Waals surface area contributed by atoms with Gasteiger partial charge in [-0.25, -0.2) is 9.66 Å². The predicted octanol–water partition coefficient (Wildman–Crippen LogP) is 0.806. The number of hydrogen-bond acceptors (Lipinski definition) is 5. The molecular formula is C10H12N4O2S. The van der Waals surface area contributed by atoms with Crippen molar-refractivity contribution in [2.45, 2.75) is 5.16 Å². The van der Waals surface area contributed by atoms with Gasteiger partial charge in [0.05, 0.1) is 17.5 Å². The molecule has 0 aliphatic carbocycles. The zero-order valence-electron chi connectivity index (χ0n) is 9.49. The molecule has 0 aromatic carbocycles. The highest BCUT2D eigenvalue weighted by molar-refractivity contribution is 7.99. The topological polar surface area (TPSA) is 71.2 Å². The molecule has 0 spiro atoms. The minimum absolute atomic E-state index is 0.00933. The SMILES string of the molecule is CN(C)n1c(SCC(=O)O)nc2cnccc21. The van der Waals surface area contributed by atoms with Crippen molar-refractivity contribution in [2.24, 2.45) is 0 Å². The van der Waals surface area contributed by atoms with Crippen LogP contribution in [0.5, 0.6) is 0 Å². The highest BCUT2D eigenvalue weighted by Crippen LogP contribution is 2.22. The van der Waals surface area contributed by atoms with E-state index in [1.807, 2.05) is 29.8 Å². The number of hydrogen-bond donors (Lipinski definition) is 1. The molecule has 0 saturated carbocycles. The molecule has 1 N–H and O–H groups in total. The van der Waals surface area contributed by atoms with Gasteiger partial charge in [0.1, 0.15) is 5.52 Å². The van der Waals surface area contributed by atoms with Gasteiger partial charge in [-0.05, 0) is 6.07 Å². The molecule has 0 amide bonds. The molecule has 17 heavy (non-hydrogen) atoms. The minimum Gasteiger partial charge on any atom is -0.481 e. The van der Waals surface area contributed by atoms with Crippen molar-refractivity contribution in [3.05, 3.63) is 18.5 Å². The monoisotopic (exact) mass is 252 g/mol. The van der Waals surface area contributed by atoms with Crippen LogP contribution in [-0.4, -0.2) is 45.6 Å². The lowest BCUT2D eigenvalue weighted by atomic mass is 10.4. The van der Waals surface area contributed by atoms with Crippen LogP contribution in [0.3, 0.4) is 0 Å². The summed E-state index contributed by atoms with van der Waals surface area (Å²) < 4.78 is 1.87. The normalized spacial score (nSPS) is 10.7. The fraction of sp³-hybridized carbons (Fsp3) is 0.300. The molecule has 0 unspecified atom stereocenters. The Morgan fingerprint density at radius 3 is 3.00 bits per heavy atom. The first kappa shape index (κ1) is 11.7. The van der Waals surface area contributed by atoms with E-state index in [1.165, 1.54) is 11.8 Å². The lowest BCUT2D eigenvalue weighted by Crippen LogP contribution is -2.25. The van der Waals surface area contributed by atoms with Gasteiger partial charge in [0.2, 0.25) is 0 Å². The number of aliphatic carboxylic acids is 1. The van der Waals surface area contributed by atoms with Gasteiger partial charge in [-0.1, -0.05) is 11.8 Å². The molecule has 0 aliphatic rings. The molecule has 2 heterocycles. The van der Waals surface area contributed by atoms with E-state index in [4.69, 9.17) is 5.11 Å². The van der Waals surface area contributed by atoms with Crippen LogP contribution in [0.4, 0.5) is 0 Å². The van der Waals surface area contributed by atoms with Crippen LogP contribution < -0.4 is 5.01 Å². The maximum absolute atomic E-state index is 10.6. The van der Waals surface area contributed by atoms with Crippen LogP contribution in [0.1, 0.15) is 0 Å². The molecular weight excluding hydrogens is 240 g/mol. The molecule has 0 fully saturated rings. The van der Waals surface area contributed by atoms with Gasteiger partial charge in [-0.15, -0.1) is 0 Å². The summed E-state index contributed by atoms with van der Waals surface area (Å²) in [5, 5.41) is 11.2. The van der Waals surface area contributed by atoms with Gasteiger partial charge in [0.25, 0.3) is 0 Å².